The molecule has 8 heteroatoms. The van der Waals surface area contributed by atoms with Crippen molar-refractivity contribution >= 4 is 34.2 Å². The molecule has 1 aliphatic rings. The maximum Gasteiger partial charge on any atom is 0.247 e. The van der Waals surface area contributed by atoms with Crippen LogP contribution in [0.25, 0.3) is 10.8 Å². The summed E-state index contributed by atoms with van der Waals surface area (Å²) in [5.74, 6) is -0.940. The summed E-state index contributed by atoms with van der Waals surface area (Å²) in [6.07, 6.45) is 1.39. The van der Waals surface area contributed by atoms with Crippen LogP contribution in [0.5, 0.6) is 0 Å². The Bertz CT molecular complexity index is 1230. The zero-order chi connectivity index (χ0) is 25.7. The van der Waals surface area contributed by atoms with Gasteiger partial charge in [0.25, 0.3) is 0 Å². The Hall–Kier alpha value is -3.75. The fraction of sp³-hybridized carbons (Fsp3) is 0.321. The first-order valence-electron chi connectivity index (χ1n) is 12.3. The van der Waals surface area contributed by atoms with Crippen LogP contribution >= 0.6 is 0 Å². The molecule has 0 radical (unpaired) electrons. The van der Waals surface area contributed by atoms with E-state index >= 15 is 0 Å². The number of nitrogens with zero attached hydrogens (tertiary/aromatic N) is 1. The molecular weight excluding hydrogens is 454 g/mol. The molecule has 1 aliphatic heterocycles. The van der Waals surface area contributed by atoms with Gasteiger partial charge in [-0.25, -0.2) is 0 Å². The zero-order valence-corrected chi connectivity index (χ0v) is 20.4. The number of hydrogen-bond donors (Lipinski definition) is 4. The number of hydrogen-bond acceptors (Lipinski definition) is 5. The van der Waals surface area contributed by atoms with Crippen LogP contribution in [0.2, 0.25) is 0 Å². The van der Waals surface area contributed by atoms with Crippen LogP contribution in [0.3, 0.4) is 0 Å². The van der Waals surface area contributed by atoms with Crippen LogP contribution in [0.4, 0.5) is 5.69 Å². The first-order chi connectivity index (χ1) is 17.3. The minimum absolute atomic E-state index is 0.201. The van der Waals surface area contributed by atoms with Gasteiger partial charge in [-0.15, -0.1) is 0 Å². The minimum atomic E-state index is -0.760. The molecule has 0 aromatic heterocycles. The topological polar surface area (TPSA) is 131 Å². The molecule has 6 N–H and O–H groups in total. The maximum atomic E-state index is 13.4. The van der Waals surface area contributed by atoms with Gasteiger partial charge >= 0.3 is 0 Å². The monoisotopic (exact) mass is 487 g/mol. The van der Waals surface area contributed by atoms with E-state index in [1.54, 1.807) is 6.92 Å². The first kappa shape index (κ1) is 25.3. The highest BCUT2D eigenvalue weighted by atomic mass is 16.2. The first-order valence-corrected chi connectivity index (χ1v) is 12.3. The summed E-state index contributed by atoms with van der Waals surface area (Å²) < 4.78 is 0. The lowest BCUT2D eigenvalue weighted by molar-refractivity contribution is -0.137. The Morgan fingerprint density at radius 1 is 0.972 bits per heavy atom. The number of aryl methyl sites for hydroxylation is 1. The summed E-state index contributed by atoms with van der Waals surface area (Å²) >= 11 is 0. The fourth-order valence-electron chi connectivity index (χ4n) is 4.56. The van der Waals surface area contributed by atoms with E-state index in [2.05, 4.69) is 10.6 Å². The molecule has 4 rings (SSSR count). The molecule has 1 heterocycles. The number of rotatable bonds is 8. The van der Waals surface area contributed by atoms with Gasteiger partial charge in [-0.1, -0.05) is 60.7 Å². The van der Waals surface area contributed by atoms with Crippen molar-refractivity contribution in [3.8, 4) is 0 Å². The zero-order valence-electron chi connectivity index (χ0n) is 20.4. The average Bonchev–Trinajstić information content (AvgIpc) is 3.31. The fourth-order valence-corrected chi connectivity index (χ4v) is 4.56. The number of carbonyl (C=O) groups excluding carboxylic acids is 3. The second kappa shape index (κ2) is 11.3. The summed E-state index contributed by atoms with van der Waals surface area (Å²) in [6, 6.07) is 20.8. The van der Waals surface area contributed by atoms with Gasteiger partial charge in [0, 0.05) is 18.3 Å². The van der Waals surface area contributed by atoms with E-state index in [0.717, 1.165) is 16.3 Å². The average molecular weight is 488 g/mol. The van der Waals surface area contributed by atoms with E-state index in [9.17, 15) is 14.4 Å². The number of amides is 3. The van der Waals surface area contributed by atoms with Crippen molar-refractivity contribution in [3.05, 3.63) is 78.4 Å². The molecule has 1 fully saturated rings. The predicted octanol–water partition coefficient (Wildman–Crippen LogP) is 2.17. The van der Waals surface area contributed by atoms with Crippen molar-refractivity contribution < 1.29 is 14.4 Å². The maximum absolute atomic E-state index is 13.4. The van der Waals surface area contributed by atoms with Crippen LogP contribution in [0, 0.1) is 0 Å². The molecule has 1 saturated heterocycles. The van der Waals surface area contributed by atoms with Gasteiger partial charge in [0.15, 0.2) is 0 Å². The van der Waals surface area contributed by atoms with Crippen LogP contribution in [0.1, 0.15) is 25.3 Å². The van der Waals surface area contributed by atoms with Crippen LogP contribution in [-0.2, 0) is 20.8 Å². The summed E-state index contributed by atoms with van der Waals surface area (Å²) in [7, 11) is 0. The van der Waals surface area contributed by atoms with Crippen molar-refractivity contribution in [2.24, 2.45) is 11.5 Å². The summed E-state index contributed by atoms with van der Waals surface area (Å²) in [4.78, 5) is 40.4. The van der Waals surface area contributed by atoms with Crippen molar-refractivity contribution in [3.63, 3.8) is 0 Å². The molecule has 0 aliphatic carbocycles. The number of nitrogens with two attached hydrogens (primary N) is 2. The molecule has 36 heavy (non-hydrogen) atoms. The molecule has 0 unspecified atom stereocenters. The number of likely N-dealkylation sites (tertiary alicyclic amines) is 1. The molecule has 3 aromatic rings. The van der Waals surface area contributed by atoms with E-state index in [0.29, 0.717) is 18.5 Å². The number of anilines is 1. The minimum Gasteiger partial charge on any atom is -0.350 e. The SMILES string of the molecule is C[C@H](N)C(=O)N[C@H]1C[C@@H](C(=O)Nc2ccc3ccccc3c2)N(C(=O)[C@@H](N)CCc2ccccc2)C1. The van der Waals surface area contributed by atoms with Gasteiger partial charge in [-0.05, 0) is 54.7 Å². The standard InChI is InChI=1S/C28H33N5O3/c1-18(29)26(34)32-23-16-25(27(35)31-22-13-12-20-9-5-6-10-21(20)15-22)33(17-23)28(36)24(30)14-11-19-7-3-2-4-8-19/h2-10,12-13,15,18,23-25H,11,14,16-17,29-30H2,1H3,(H,31,35)(H,32,34)/t18-,23-,24-,25-/m0/s1. The Balaban J connectivity index is 1.48. The smallest absolute Gasteiger partial charge is 0.247 e. The van der Waals surface area contributed by atoms with Crippen molar-refractivity contribution in [1.82, 2.24) is 10.2 Å². The van der Waals surface area contributed by atoms with Crippen molar-refractivity contribution in [2.45, 2.75) is 50.4 Å². The lowest BCUT2D eigenvalue weighted by Crippen LogP contribution is -2.50. The van der Waals surface area contributed by atoms with Crippen molar-refractivity contribution in [1.29, 1.82) is 0 Å². The van der Waals surface area contributed by atoms with Gasteiger partial charge in [-0.3, -0.25) is 14.4 Å². The lowest BCUT2D eigenvalue weighted by atomic mass is 10.0. The Kier molecular flexibility index (Phi) is 7.97. The van der Waals surface area contributed by atoms with Gasteiger partial charge in [0.1, 0.15) is 6.04 Å². The molecule has 0 saturated carbocycles. The lowest BCUT2D eigenvalue weighted by Gasteiger charge is -2.26. The highest BCUT2D eigenvalue weighted by Gasteiger charge is 2.41. The van der Waals surface area contributed by atoms with E-state index in [1.807, 2.05) is 72.8 Å². The Labute approximate surface area is 211 Å². The molecule has 0 spiro atoms. The third kappa shape index (κ3) is 6.08. The van der Waals surface area contributed by atoms with Crippen LogP contribution < -0.4 is 22.1 Å². The van der Waals surface area contributed by atoms with E-state index in [-0.39, 0.29) is 36.7 Å². The molecule has 3 aromatic carbocycles. The summed E-state index contributed by atoms with van der Waals surface area (Å²) in [5.41, 5.74) is 13.7. The predicted molar refractivity (Wildman–Crippen MR) is 141 cm³/mol. The van der Waals surface area contributed by atoms with E-state index in [4.69, 9.17) is 11.5 Å². The number of carbonyl (C=O) groups is 3. The second-order valence-electron chi connectivity index (χ2n) is 9.42. The van der Waals surface area contributed by atoms with E-state index < -0.39 is 18.1 Å². The molecular formula is C28H33N5O3. The number of benzene rings is 3. The largest absolute Gasteiger partial charge is 0.350 e. The molecule has 8 nitrogen and oxygen atoms in total. The molecule has 0 bridgehead atoms. The van der Waals surface area contributed by atoms with Crippen molar-refractivity contribution in [2.75, 3.05) is 11.9 Å². The molecule has 188 valence electrons. The number of fused-ring (bicyclic) bond motifs is 1. The number of nitrogens with one attached hydrogen (secondary N) is 2. The van der Waals surface area contributed by atoms with Gasteiger partial charge in [-0.2, -0.15) is 0 Å². The summed E-state index contributed by atoms with van der Waals surface area (Å²) in [6.45, 7) is 1.79. The van der Waals surface area contributed by atoms with Gasteiger partial charge < -0.3 is 27.0 Å². The van der Waals surface area contributed by atoms with Crippen LogP contribution in [0.15, 0.2) is 72.8 Å². The third-order valence-corrected chi connectivity index (χ3v) is 6.57. The Morgan fingerprint density at radius 2 is 1.67 bits per heavy atom. The highest BCUT2D eigenvalue weighted by Crippen LogP contribution is 2.24. The highest BCUT2D eigenvalue weighted by molar-refractivity contribution is 6.00. The summed E-state index contributed by atoms with van der Waals surface area (Å²) in [5, 5.41) is 7.86. The normalized spacial score (nSPS) is 19.0. The van der Waals surface area contributed by atoms with Gasteiger partial charge in [0.05, 0.1) is 12.1 Å². The van der Waals surface area contributed by atoms with Gasteiger partial charge in [0.2, 0.25) is 17.7 Å². The van der Waals surface area contributed by atoms with Crippen LogP contribution in [-0.4, -0.2) is 53.3 Å². The Morgan fingerprint density at radius 3 is 2.39 bits per heavy atom. The van der Waals surface area contributed by atoms with E-state index in [1.165, 1.54) is 4.90 Å². The second-order valence-corrected chi connectivity index (χ2v) is 9.42. The molecule has 3 amide bonds. The third-order valence-electron chi connectivity index (χ3n) is 6.57. The molecule has 4 atom stereocenters. The quantitative estimate of drug-likeness (QED) is 0.387.